The number of carbonyl (C=O) groups is 1. The van der Waals surface area contributed by atoms with E-state index in [-0.39, 0.29) is 24.7 Å². The summed E-state index contributed by atoms with van der Waals surface area (Å²) in [5.74, 6) is -1.39. The molecule has 1 aromatic rings. The molecule has 0 spiro atoms. The van der Waals surface area contributed by atoms with E-state index in [0.29, 0.717) is 0 Å². The van der Waals surface area contributed by atoms with Crippen molar-refractivity contribution in [3.8, 4) is 0 Å². The van der Waals surface area contributed by atoms with Gasteiger partial charge in [-0.1, -0.05) is 44.2 Å². The second-order valence-corrected chi connectivity index (χ2v) is 6.77. The van der Waals surface area contributed by atoms with Crippen molar-refractivity contribution >= 4 is 13.5 Å². The first kappa shape index (κ1) is 15.9. The molecular formula is C13H20NO4P. The van der Waals surface area contributed by atoms with Gasteiger partial charge in [0.05, 0.1) is 6.42 Å². The summed E-state index contributed by atoms with van der Waals surface area (Å²) in [7, 11) is -4.32. The Hall–Kier alpha value is -1.16. The van der Waals surface area contributed by atoms with E-state index >= 15 is 0 Å². The fourth-order valence-corrected chi connectivity index (χ4v) is 2.75. The van der Waals surface area contributed by atoms with Gasteiger partial charge in [-0.25, -0.2) is 0 Å². The number of nitrogens with one attached hydrogen (secondary N) is 1. The number of rotatable bonds is 6. The van der Waals surface area contributed by atoms with Crippen LogP contribution in [0.3, 0.4) is 0 Å². The number of hydrogen-bond donors (Lipinski definition) is 3. The van der Waals surface area contributed by atoms with E-state index in [1.54, 1.807) is 12.1 Å². The molecule has 3 N–H and O–H groups in total. The number of carbonyl (C=O) groups excluding carboxylic acids is 1. The van der Waals surface area contributed by atoms with Gasteiger partial charge in [-0.2, -0.15) is 0 Å². The molecule has 19 heavy (non-hydrogen) atoms. The maximum Gasteiger partial charge on any atom is 0.347 e. The summed E-state index contributed by atoms with van der Waals surface area (Å²) in [6.07, 6.45) is 0.375. The van der Waals surface area contributed by atoms with Crippen molar-refractivity contribution in [1.82, 2.24) is 5.32 Å². The minimum atomic E-state index is -4.32. The number of hydrogen-bond acceptors (Lipinski definition) is 2. The highest BCUT2D eigenvalue weighted by atomic mass is 31.2. The van der Waals surface area contributed by atoms with Gasteiger partial charge in [-0.15, -0.1) is 0 Å². The van der Waals surface area contributed by atoms with Crippen LogP contribution in [0.2, 0.25) is 0 Å². The molecule has 0 fully saturated rings. The van der Waals surface area contributed by atoms with Crippen LogP contribution in [0.4, 0.5) is 0 Å². The van der Waals surface area contributed by atoms with Crippen LogP contribution in [0.25, 0.3) is 0 Å². The summed E-state index contributed by atoms with van der Waals surface area (Å²) in [6, 6.07) is 9.08. The zero-order valence-corrected chi connectivity index (χ0v) is 12.0. The quantitative estimate of drug-likeness (QED) is 0.697. The van der Waals surface area contributed by atoms with E-state index in [2.05, 4.69) is 5.32 Å². The first-order valence-corrected chi connectivity index (χ1v) is 7.85. The van der Waals surface area contributed by atoms with Crippen LogP contribution in [-0.4, -0.2) is 21.5 Å². The third-order valence-electron chi connectivity index (χ3n) is 2.64. The topological polar surface area (TPSA) is 86.6 Å². The van der Waals surface area contributed by atoms with Crippen LogP contribution < -0.4 is 5.32 Å². The predicted molar refractivity (Wildman–Crippen MR) is 73.6 cm³/mol. The standard InChI is InChI=1S/C13H20NO4P/c1-10(2)8-13(19(16,17)18)14-12(15)9-11-6-4-3-5-7-11/h3-7,10,13H,8-9H2,1-2H3,(H,14,15)(H2,16,17,18)/t13-/m1/s1. The van der Waals surface area contributed by atoms with Crippen molar-refractivity contribution in [2.75, 3.05) is 0 Å². The van der Waals surface area contributed by atoms with Gasteiger partial charge in [0.1, 0.15) is 5.78 Å². The Kier molecular flexibility index (Phi) is 5.73. The molecular weight excluding hydrogens is 265 g/mol. The summed E-state index contributed by atoms with van der Waals surface area (Å²) in [5, 5.41) is 2.43. The van der Waals surface area contributed by atoms with Gasteiger partial charge >= 0.3 is 7.60 Å². The number of benzene rings is 1. The lowest BCUT2D eigenvalue weighted by molar-refractivity contribution is -0.120. The summed E-state index contributed by atoms with van der Waals surface area (Å²) < 4.78 is 11.3. The molecule has 0 saturated carbocycles. The Morgan fingerprint density at radius 2 is 1.84 bits per heavy atom. The molecule has 0 aliphatic rings. The third-order valence-corrected chi connectivity index (χ3v) is 3.79. The molecule has 1 amide bonds. The van der Waals surface area contributed by atoms with Crippen LogP contribution >= 0.6 is 7.60 Å². The molecule has 5 nitrogen and oxygen atoms in total. The Labute approximate surface area is 113 Å². The maximum atomic E-state index is 11.8. The molecule has 1 aromatic carbocycles. The molecule has 1 atom stereocenters. The van der Waals surface area contributed by atoms with Crippen molar-refractivity contribution in [1.29, 1.82) is 0 Å². The molecule has 0 saturated heterocycles. The first-order chi connectivity index (χ1) is 8.79. The minimum absolute atomic E-state index is 0.0923. The van der Waals surface area contributed by atoms with E-state index < -0.39 is 13.4 Å². The summed E-state index contributed by atoms with van der Waals surface area (Å²) >= 11 is 0. The summed E-state index contributed by atoms with van der Waals surface area (Å²) in [4.78, 5) is 30.3. The molecule has 0 aliphatic carbocycles. The molecule has 0 radical (unpaired) electrons. The Morgan fingerprint density at radius 3 is 2.32 bits per heavy atom. The van der Waals surface area contributed by atoms with Crippen LogP contribution in [0.1, 0.15) is 25.8 Å². The van der Waals surface area contributed by atoms with Gasteiger partial charge in [0.15, 0.2) is 0 Å². The minimum Gasteiger partial charge on any atom is -0.342 e. The van der Waals surface area contributed by atoms with Crippen LogP contribution in [-0.2, 0) is 15.8 Å². The predicted octanol–water partition coefficient (Wildman–Crippen LogP) is 1.90. The van der Waals surface area contributed by atoms with Crippen molar-refractivity contribution in [3.05, 3.63) is 35.9 Å². The molecule has 1 rings (SSSR count). The SMILES string of the molecule is CC(C)C[C@H](NC(=O)Cc1ccccc1)P(=O)(O)O. The Bertz CT molecular complexity index is 455. The lowest BCUT2D eigenvalue weighted by atomic mass is 10.1. The average molecular weight is 285 g/mol. The Balaban J connectivity index is 2.64. The average Bonchev–Trinajstić information content (AvgIpc) is 2.27. The molecule has 0 bridgehead atoms. The van der Waals surface area contributed by atoms with Gasteiger partial charge in [0.25, 0.3) is 0 Å². The van der Waals surface area contributed by atoms with Gasteiger partial charge in [-0.3, -0.25) is 9.36 Å². The van der Waals surface area contributed by atoms with E-state index in [1.165, 1.54) is 0 Å². The number of amides is 1. The monoisotopic (exact) mass is 285 g/mol. The van der Waals surface area contributed by atoms with E-state index in [9.17, 15) is 19.1 Å². The second kappa shape index (κ2) is 6.85. The molecule has 0 unspecified atom stereocenters. The molecule has 0 aliphatic heterocycles. The Morgan fingerprint density at radius 1 is 1.26 bits per heavy atom. The van der Waals surface area contributed by atoms with Crippen molar-refractivity contribution in [3.63, 3.8) is 0 Å². The maximum absolute atomic E-state index is 11.8. The van der Waals surface area contributed by atoms with Gasteiger partial charge in [0.2, 0.25) is 5.91 Å². The van der Waals surface area contributed by atoms with E-state index in [4.69, 9.17) is 0 Å². The fourth-order valence-electron chi connectivity index (χ4n) is 1.74. The van der Waals surface area contributed by atoms with Crippen LogP contribution in [0.15, 0.2) is 30.3 Å². The first-order valence-electron chi connectivity index (χ1n) is 6.17. The van der Waals surface area contributed by atoms with E-state index in [0.717, 1.165) is 5.56 Å². The van der Waals surface area contributed by atoms with Crippen molar-refractivity contribution in [2.45, 2.75) is 32.5 Å². The fraction of sp³-hybridized carbons (Fsp3) is 0.462. The smallest absolute Gasteiger partial charge is 0.342 e. The highest BCUT2D eigenvalue weighted by Crippen LogP contribution is 2.42. The lowest BCUT2D eigenvalue weighted by Gasteiger charge is -2.21. The highest BCUT2D eigenvalue weighted by Gasteiger charge is 2.30. The normalized spacial score (nSPS) is 13.3. The molecule has 0 heterocycles. The largest absolute Gasteiger partial charge is 0.347 e. The van der Waals surface area contributed by atoms with Crippen LogP contribution in [0.5, 0.6) is 0 Å². The van der Waals surface area contributed by atoms with Crippen molar-refractivity contribution < 1.29 is 19.1 Å². The van der Waals surface area contributed by atoms with Gasteiger partial charge in [0, 0.05) is 0 Å². The molecule has 0 aromatic heterocycles. The second-order valence-electron chi connectivity index (χ2n) is 4.96. The summed E-state index contributed by atoms with van der Waals surface area (Å²) in [6.45, 7) is 3.71. The van der Waals surface area contributed by atoms with Crippen molar-refractivity contribution in [2.24, 2.45) is 5.92 Å². The zero-order valence-electron chi connectivity index (χ0n) is 11.1. The zero-order chi connectivity index (χ0) is 14.5. The van der Waals surface area contributed by atoms with E-state index in [1.807, 2.05) is 32.0 Å². The molecule has 106 valence electrons. The summed E-state index contributed by atoms with van der Waals surface area (Å²) in [5.41, 5.74) is 0.814. The van der Waals surface area contributed by atoms with Gasteiger partial charge < -0.3 is 15.1 Å². The molecule has 6 heteroatoms. The van der Waals surface area contributed by atoms with Gasteiger partial charge in [-0.05, 0) is 17.9 Å². The highest BCUT2D eigenvalue weighted by molar-refractivity contribution is 7.52. The third kappa shape index (κ3) is 6.01. The van der Waals surface area contributed by atoms with Crippen LogP contribution in [0, 0.1) is 5.92 Å². The lowest BCUT2D eigenvalue weighted by Crippen LogP contribution is -2.36.